The molecule has 1 aliphatic rings. The number of benzene rings is 5. The molecule has 1 fully saturated rings. The topological polar surface area (TPSA) is 99.3 Å². The Morgan fingerprint density at radius 3 is 1.67 bits per heavy atom. The molecule has 0 spiro atoms. The van der Waals surface area contributed by atoms with Gasteiger partial charge in [0.15, 0.2) is 0 Å². The van der Waals surface area contributed by atoms with Crippen molar-refractivity contribution in [3.05, 3.63) is 132 Å². The van der Waals surface area contributed by atoms with Crippen LogP contribution < -0.4 is 21.3 Å². The summed E-state index contributed by atoms with van der Waals surface area (Å²) in [4.78, 5) is 41.9. The standard InChI is InChI=1S/C42H46N4O3/c1-2-37(26-29-10-4-3-5-11-29)44-41(48)38(27-30-16-18-32-12-6-8-14-35(32)24-30)46-42(49)39(45-40(47)34-20-22-43-23-21-34)28-31-17-19-33-13-7-9-15-36(33)25-31/h3-19,24-25,34,37-39,43H,2,20-23,26-28H2,1H3,(H,44,48)(H,45,47)(H,46,49). The van der Waals surface area contributed by atoms with E-state index < -0.39 is 12.1 Å². The highest BCUT2D eigenvalue weighted by molar-refractivity contribution is 5.93. The van der Waals surface area contributed by atoms with Crippen LogP contribution in [0.3, 0.4) is 0 Å². The van der Waals surface area contributed by atoms with Gasteiger partial charge in [-0.1, -0.05) is 122 Å². The van der Waals surface area contributed by atoms with Gasteiger partial charge in [0.1, 0.15) is 12.1 Å². The zero-order chi connectivity index (χ0) is 34.0. The van der Waals surface area contributed by atoms with Gasteiger partial charge in [-0.25, -0.2) is 0 Å². The molecule has 0 aliphatic carbocycles. The number of carbonyl (C=O) groups excluding carboxylic acids is 3. The van der Waals surface area contributed by atoms with Crippen LogP contribution in [-0.2, 0) is 33.6 Å². The molecular formula is C42H46N4O3. The van der Waals surface area contributed by atoms with E-state index in [4.69, 9.17) is 0 Å². The maximum absolute atomic E-state index is 14.3. The van der Waals surface area contributed by atoms with Crippen molar-refractivity contribution in [3.63, 3.8) is 0 Å². The number of nitrogens with one attached hydrogen (secondary N) is 4. The summed E-state index contributed by atoms with van der Waals surface area (Å²) in [6, 6.07) is 36.8. The lowest BCUT2D eigenvalue weighted by Crippen LogP contribution is -2.57. The van der Waals surface area contributed by atoms with Gasteiger partial charge >= 0.3 is 0 Å². The van der Waals surface area contributed by atoms with Gasteiger partial charge in [0.05, 0.1) is 0 Å². The maximum Gasteiger partial charge on any atom is 0.243 e. The van der Waals surface area contributed by atoms with Gasteiger partial charge in [-0.3, -0.25) is 14.4 Å². The fourth-order valence-corrected chi connectivity index (χ4v) is 6.77. The maximum atomic E-state index is 14.3. The fourth-order valence-electron chi connectivity index (χ4n) is 6.77. The summed E-state index contributed by atoms with van der Waals surface area (Å²) in [7, 11) is 0. The van der Waals surface area contributed by atoms with Crippen molar-refractivity contribution in [1.82, 2.24) is 21.3 Å². The summed E-state index contributed by atoms with van der Waals surface area (Å²) in [6.45, 7) is 3.60. The van der Waals surface area contributed by atoms with Crippen molar-refractivity contribution in [3.8, 4) is 0 Å². The van der Waals surface area contributed by atoms with Crippen molar-refractivity contribution >= 4 is 39.3 Å². The van der Waals surface area contributed by atoms with Gasteiger partial charge in [-0.2, -0.15) is 0 Å². The zero-order valence-corrected chi connectivity index (χ0v) is 28.2. The molecule has 3 unspecified atom stereocenters. The third-order valence-corrected chi connectivity index (χ3v) is 9.65. The largest absolute Gasteiger partial charge is 0.351 e. The minimum Gasteiger partial charge on any atom is -0.351 e. The number of fused-ring (bicyclic) bond motifs is 2. The van der Waals surface area contributed by atoms with E-state index in [-0.39, 0.29) is 29.7 Å². The molecular weight excluding hydrogens is 608 g/mol. The quantitative estimate of drug-likeness (QED) is 0.127. The van der Waals surface area contributed by atoms with Crippen LogP contribution in [0, 0.1) is 5.92 Å². The molecule has 1 aliphatic heterocycles. The predicted molar refractivity (Wildman–Crippen MR) is 197 cm³/mol. The molecule has 0 bridgehead atoms. The number of hydrogen-bond donors (Lipinski definition) is 4. The number of piperidine rings is 1. The Labute approximate surface area is 288 Å². The lowest BCUT2D eigenvalue weighted by Gasteiger charge is -2.28. The lowest BCUT2D eigenvalue weighted by molar-refractivity contribution is -0.133. The first-order valence-corrected chi connectivity index (χ1v) is 17.6. The monoisotopic (exact) mass is 654 g/mol. The highest BCUT2D eigenvalue weighted by atomic mass is 16.2. The molecule has 49 heavy (non-hydrogen) atoms. The van der Waals surface area contributed by atoms with Crippen molar-refractivity contribution in [2.75, 3.05) is 13.1 Å². The number of carbonyl (C=O) groups is 3. The Morgan fingerprint density at radius 2 is 1.10 bits per heavy atom. The number of amides is 3. The summed E-state index contributed by atoms with van der Waals surface area (Å²) in [5.41, 5.74) is 3.02. The average Bonchev–Trinajstić information content (AvgIpc) is 3.14. The van der Waals surface area contributed by atoms with E-state index in [0.29, 0.717) is 19.3 Å². The van der Waals surface area contributed by atoms with Crippen molar-refractivity contribution in [1.29, 1.82) is 0 Å². The molecule has 7 heteroatoms. The normalized spacial score (nSPS) is 15.3. The van der Waals surface area contributed by atoms with Crippen LogP contribution in [0.4, 0.5) is 0 Å². The Hall–Kier alpha value is -5.01. The molecule has 7 nitrogen and oxygen atoms in total. The van der Waals surface area contributed by atoms with Gasteiger partial charge in [0.2, 0.25) is 17.7 Å². The summed E-state index contributed by atoms with van der Waals surface area (Å²) in [5.74, 6) is -0.883. The molecule has 5 aromatic carbocycles. The second-order valence-corrected chi connectivity index (χ2v) is 13.2. The number of hydrogen-bond acceptors (Lipinski definition) is 4. The molecule has 6 rings (SSSR count). The number of rotatable bonds is 13. The van der Waals surface area contributed by atoms with E-state index in [0.717, 1.165) is 70.6 Å². The Bertz CT molecular complexity index is 1890. The third kappa shape index (κ3) is 9.12. The smallest absolute Gasteiger partial charge is 0.243 e. The summed E-state index contributed by atoms with van der Waals surface area (Å²) in [6.07, 6.45) is 3.51. The first kappa shape index (κ1) is 33.9. The average molecular weight is 655 g/mol. The van der Waals surface area contributed by atoms with E-state index in [2.05, 4.69) is 70.7 Å². The van der Waals surface area contributed by atoms with Gasteiger partial charge in [0.25, 0.3) is 0 Å². The van der Waals surface area contributed by atoms with E-state index in [9.17, 15) is 14.4 Å². The summed E-state index contributed by atoms with van der Waals surface area (Å²) >= 11 is 0. The molecule has 1 saturated heterocycles. The SMILES string of the molecule is CCC(Cc1ccccc1)NC(=O)C(Cc1ccc2ccccc2c1)NC(=O)C(Cc1ccc2ccccc2c1)NC(=O)C1CCNCC1. The third-order valence-electron chi connectivity index (χ3n) is 9.65. The molecule has 3 atom stereocenters. The van der Waals surface area contributed by atoms with Crippen LogP contribution in [0.2, 0.25) is 0 Å². The van der Waals surface area contributed by atoms with Crippen LogP contribution in [0.1, 0.15) is 42.9 Å². The van der Waals surface area contributed by atoms with Crippen molar-refractivity contribution in [2.24, 2.45) is 5.92 Å². The predicted octanol–water partition coefficient (Wildman–Crippen LogP) is 5.88. The molecule has 3 amide bonds. The van der Waals surface area contributed by atoms with Crippen LogP contribution in [-0.4, -0.2) is 48.9 Å². The molecule has 5 aromatic rings. The van der Waals surface area contributed by atoms with Gasteiger partial charge in [-0.05, 0) is 77.0 Å². The van der Waals surface area contributed by atoms with Crippen LogP contribution in [0.25, 0.3) is 21.5 Å². The second-order valence-electron chi connectivity index (χ2n) is 13.2. The highest BCUT2D eigenvalue weighted by Gasteiger charge is 2.31. The molecule has 0 aromatic heterocycles. The Kier molecular flexibility index (Phi) is 11.3. The van der Waals surface area contributed by atoms with E-state index in [1.54, 1.807) is 0 Å². The van der Waals surface area contributed by atoms with Crippen LogP contribution in [0.15, 0.2) is 115 Å². The van der Waals surface area contributed by atoms with Gasteiger partial charge < -0.3 is 21.3 Å². The Balaban J connectivity index is 1.26. The fraction of sp³-hybridized carbons (Fsp3) is 0.310. The van der Waals surface area contributed by atoms with Gasteiger partial charge in [-0.15, -0.1) is 0 Å². The lowest BCUT2D eigenvalue weighted by atomic mass is 9.95. The minimum absolute atomic E-state index is 0.0982. The Morgan fingerprint density at radius 1 is 0.592 bits per heavy atom. The highest BCUT2D eigenvalue weighted by Crippen LogP contribution is 2.20. The van der Waals surface area contributed by atoms with E-state index in [1.807, 2.05) is 72.8 Å². The molecule has 4 N–H and O–H groups in total. The van der Waals surface area contributed by atoms with Crippen molar-refractivity contribution < 1.29 is 14.4 Å². The minimum atomic E-state index is -0.846. The van der Waals surface area contributed by atoms with E-state index in [1.165, 1.54) is 0 Å². The first-order valence-electron chi connectivity index (χ1n) is 17.6. The van der Waals surface area contributed by atoms with Crippen molar-refractivity contribution in [2.45, 2.75) is 63.6 Å². The molecule has 1 heterocycles. The van der Waals surface area contributed by atoms with E-state index >= 15 is 0 Å². The second kappa shape index (κ2) is 16.4. The molecule has 252 valence electrons. The molecule has 0 saturated carbocycles. The van der Waals surface area contributed by atoms with Crippen LogP contribution in [0.5, 0.6) is 0 Å². The van der Waals surface area contributed by atoms with Gasteiger partial charge in [0, 0.05) is 24.8 Å². The van der Waals surface area contributed by atoms with Crippen LogP contribution >= 0.6 is 0 Å². The summed E-state index contributed by atoms with van der Waals surface area (Å²) in [5, 5.41) is 17.1. The summed E-state index contributed by atoms with van der Waals surface area (Å²) < 4.78 is 0. The molecule has 0 radical (unpaired) electrons. The zero-order valence-electron chi connectivity index (χ0n) is 28.2. The first-order chi connectivity index (χ1) is 23.9.